The standard InChI is InChI=1S/C15H15ClN2O3S/c1-10-2-3-11(8-12(10)16)4-5-13(19)17-6-7-18-14(20)9-22-15(18)21/h2-5,8H,6-7,9H2,1H3,(H,17,19)/b5-4+. The van der Waals surface area contributed by atoms with Crippen LogP contribution in [0.25, 0.3) is 6.08 Å². The van der Waals surface area contributed by atoms with E-state index in [1.54, 1.807) is 12.1 Å². The van der Waals surface area contributed by atoms with E-state index >= 15 is 0 Å². The van der Waals surface area contributed by atoms with Gasteiger partial charge in [0, 0.05) is 24.2 Å². The molecule has 3 amide bonds. The van der Waals surface area contributed by atoms with Crippen molar-refractivity contribution in [1.82, 2.24) is 10.2 Å². The van der Waals surface area contributed by atoms with Crippen molar-refractivity contribution >= 4 is 46.5 Å². The van der Waals surface area contributed by atoms with E-state index in [4.69, 9.17) is 11.6 Å². The molecule has 0 radical (unpaired) electrons. The van der Waals surface area contributed by atoms with Crippen LogP contribution in [0, 0.1) is 6.92 Å². The fourth-order valence-electron chi connectivity index (χ4n) is 1.83. The van der Waals surface area contributed by atoms with E-state index in [2.05, 4.69) is 5.32 Å². The molecule has 22 heavy (non-hydrogen) atoms. The molecule has 0 saturated carbocycles. The average molecular weight is 339 g/mol. The van der Waals surface area contributed by atoms with Crippen molar-refractivity contribution < 1.29 is 14.4 Å². The third kappa shape index (κ3) is 4.35. The Labute approximate surface area is 137 Å². The van der Waals surface area contributed by atoms with Gasteiger partial charge in [-0.05, 0) is 30.2 Å². The van der Waals surface area contributed by atoms with Gasteiger partial charge in [-0.3, -0.25) is 19.3 Å². The number of thioether (sulfide) groups is 1. The highest BCUT2D eigenvalue weighted by Gasteiger charge is 2.29. The maximum Gasteiger partial charge on any atom is 0.288 e. The molecule has 116 valence electrons. The quantitative estimate of drug-likeness (QED) is 0.838. The molecule has 0 aliphatic carbocycles. The largest absolute Gasteiger partial charge is 0.351 e. The fourth-order valence-corrected chi connectivity index (χ4v) is 2.77. The number of hydrogen-bond donors (Lipinski definition) is 1. The number of rotatable bonds is 5. The molecule has 0 spiro atoms. The number of nitrogens with zero attached hydrogens (tertiary/aromatic N) is 1. The van der Waals surface area contributed by atoms with Crippen molar-refractivity contribution in [2.24, 2.45) is 0 Å². The van der Waals surface area contributed by atoms with Crippen LogP contribution in [0.3, 0.4) is 0 Å². The first kappa shape index (κ1) is 16.6. The van der Waals surface area contributed by atoms with Crippen LogP contribution in [0.4, 0.5) is 4.79 Å². The lowest BCUT2D eigenvalue weighted by atomic mass is 10.1. The van der Waals surface area contributed by atoms with E-state index in [0.29, 0.717) is 5.02 Å². The van der Waals surface area contributed by atoms with Gasteiger partial charge in [-0.1, -0.05) is 35.5 Å². The number of hydrogen-bond acceptors (Lipinski definition) is 4. The molecule has 1 heterocycles. The Hall–Kier alpha value is -1.79. The van der Waals surface area contributed by atoms with Crippen LogP contribution in [0.2, 0.25) is 5.02 Å². The lowest BCUT2D eigenvalue weighted by molar-refractivity contribution is -0.125. The molecule has 7 heteroatoms. The Balaban J connectivity index is 1.80. The molecule has 1 aliphatic rings. The summed E-state index contributed by atoms with van der Waals surface area (Å²) in [5.41, 5.74) is 1.80. The molecule has 1 aromatic rings. The second kappa shape index (κ2) is 7.47. The van der Waals surface area contributed by atoms with Crippen LogP contribution >= 0.6 is 23.4 Å². The van der Waals surface area contributed by atoms with Crippen molar-refractivity contribution in [2.75, 3.05) is 18.8 Å². The molecule has 2 rings (SSSR count). The fraction of sp³-hybridized carbons (Fsp3) is 0.267. The molecule has 1 fully saturated rings. The Morgan fingerprint density at radius 1 is 1.45 bits per heavy atom. The predicted octanol–water partition coefficient (Wildman–Crippen LogP) is 2.47. The summed E-state index contributed by atoms with van der Waals surface area (Å²) in [5.74, 6) is -0.321. The summed E-state index contributed by atoms with van der Waals surface area (Å²) in [6.45, 7) is 2.33. The Bertz CT molecular complexity index is 630. The first-order valence-electron chi connectivity index (χ1n) is 6.66. The van der Waals surface area contributed by atoms with Gasteiger partial charge in [-0.25, -0.2) is 0 Å². The van der Waals surface area contributed by atoms with E-state index in [9.17, 15) is 14.4 Å². The lowest BCUT2D eigenvalue weighted by Gasteiger charge is -2.12. The number of halogens is 1. The van der Waals surface area contributed by atoms with Gasteiger partial charge < -0.3 is 5.32 Å². The van der Waals surface area contributed by atoms with E-state index in [-0.39, 0.29) is 35.9 Å². The molecule has 0 unspecified atom stereocenters. The van der Waals surface area contributed by atoms with Gasteiger partial charge in [0.15, 0.2) is 0 Å². The van der Waals surface area contributed by atoms with Gasteiger partial charge in [-0.2, -0.15) is 0 Å². The van der Waals surface area contributed by atoms with Gasteiger partial charge in [0.2, 0.25) is 11.8 Å². The zero-order valence-electron chi connectivity index (χ0n) is 12.0. The average Bonchev–Trinajstić information content (AvgIpc) is 2.80. The van der Waals surface area contributed by atoms with Crippen molar-refractivity contribution in [3.63, 3.8) is 0 Å². The second-order valence-corrected chi connectivity index (χ2v) is 6.07. The summed E-state index contributed by atoms with van der Waals surface area (Å²) in [6, 6.07) is 5.52. The minimum atomic E-state index is -0.288. The predicted molar refractivity (Wildman–Crippen MR) is 87.8 cm³/mol. The highest BCUT2D eigenvalue weighted by atomic mass is 35.5. The van der Waals surface area contributed by atoms with Crippen molar-refractivity contribution in [3.05, 3.63) is 40.4 Å². The van der Waals surface area contributed by atoms with Crippen LogP contribution in [-0.4, -0.2) is 40.8 Å². The molecule has 0 atom stereocenters. The first-order valence-corrected chi connectivity index (χ1v) is 8.03. The highest BCUT2D eigenvalue weighted by Crippen LogP contribution is 2.18. The van der Waals surface area contributed by atoms with Gasteiger partial charge in [0.05, 0.1) is 5.75 Å². The summed E-state index contributed by atoms with van der Waals surface area (Å²) in [4.78, 5) is 35.6. The SMILES string of the molecule is Cc1ccc(/C=C/C(=O)NCCN2C(=O)CSC2=O)cc1Cl. The van der Waals surface area contributed by atoms with E-state index in [1.807, 2.05) is 19.1 Å². The normalized spacial score (nSPS) is 14.9. The molecular formula is C15H15ClN2O3S. The van der Waals surface area contributed by atoms with Gasteiger partial charge in [0.25, 0.3) is 5.24 Å². The number of amides is 3. The maximum absolute atomic E-state index is 11.7. The van der Waals surface area contributed by atoms with Crippen molar-refractivity contribution in [1.29, 1.82) is 0 Å². The monoisotopic (exact) mass is 338 g/mol. The number of carbonyl (C=O) groups is 3. The molecule has 5 nitrogen and oxygen atoms in total. The summed E-state index contributed by atoms with van der Waals surface area (Å²) < 4.78 is 0. The smallest absolute Gasteiger partial charge is 0.288 e. The summed E-state index contributed by atoms with van der Waals surface area (Å²) in [5, 5.41) is 3.02. The molecule has 1 N–H and O–H groups in total. The molecule has 1 aliphatic heterocycles. The van der Waals surface area contributed by atoms with Gasteiger partial charge in [0.1, 0.15) is 0 Å². The van der Waals surface area contributed by atoms with E-state index in [0.717, 1.165) is 27.8 Å². The van der Waals surface area contributed by atoms with Crippen LogP contribution in [0.15, 0.2) is 24.3 Å². The summed E-state index contributed by atoms with van der Waals surface area (Å²) >= 11 is 6.99. The Morgan fingerprint density at radius 3 is 2.86 bits per heavy atom. The molecule has 0 aromatic heterocycles. The number of benzene rings is 1. The zero-order valence-corrected chi connectivity index (χ0v) is 13.5. The number of nitrogens with one attached hydrogen (secondary N) is 1. The Morgan fingerprint density at radius 2 is 2.23 bits per heavy atom. The highest BCUT2D eigenvalue weighted by molar-refractivity contribution is 8.14. The zero-order chi connectivity index (χ0) is 16.1. The minimum Gasteiger partial charge on any atom is -0.351 e. The Kier molecular flexibility index (Phi) is 5.63. The van der Waals surface area contributed by atoms with Crippen molar-refractivity contribution in [3.8, 4) is 0 Å². The third-order valence-electron chi connectivity index (χ3n) is 3.10. The van der Waals surface area contributed by atoms with Crippen LogP contribution in [-0.2, 0) is 9.59 Å². The molecular weight excluding hydrogens is 324 g/mol. The van der Waals surface area contributed by atoms with Gasteiger partial charge in [-0.15, -0.1) is 0 Å². The minimum absolute atomic E-state index is 0.181. The second-order valence-electron chi connectivity index (χ2n) is 4.73. The van der Waals surface area contributed by atoms with Crippen molar-refractivity contribution in [2.45, 2.75) is 6.92 Å². The lowest BCUT2D eigenvalue weighted by Crippen LogP contribution is -2.37. The van der Waals surface area contributed by atoms with E-state index < -0.39 is 0 Å². The topological polar surface area (TPSA) is 66.5 Å². The first-order chi connectivity index (χ1) is 10.5. The molecule has 1 saturated heterocycles. The molecule has 0 bridgehead atoms. The van der Waals surface area contributed by atoms with Gasteiger partial charge >= 0.3 is 0 Å². The van der Waals surface area contributed by atoms with Crippen LogP contribution in [0.5, 0.6) is 0 Å². The van der Waals surface area contributed by atoms with E-state index in [1.165, 1.54) is 6.08 Å². The number of aryl methyl sites for hydroxylation is 1. The molecule has 1 aromatic carbocycles. The number of carbonyl (C=O) groups excluding carboxylic acids is 3. The third-order valence-corrected chi connectivity index (χ3v) is 4.36. The number of imide groups is 1. The maximum atomic E-state index is 11.7. The van der Waals surface area contributed by atoms with Crippen LogP contribution in [0.1, 0.15) is 11.1 Å². The summed E-state index contributed by atoms with van der Waals surface area (Å²) in [6.07, 6.45) is 3.05. The summed E-state index contributed by atoms with van der Waals surface area (Å²) in [7, 11) is 0. The van der Waals surface area contributed by atoms with Crippen LogP contribution < -0.4 is 5.32 Å².